The summed E-state index contributed by atoms with van der Waals surface area (Å²) < 4.78 is 0. The highest BCUT2D eigenvalue weighted by Crippen LogP contribution is 2.29. The van der Waals surface area contributed by atoms with Gasteiger partial charge in [0, 0.05) is 11.9 Å². The number of carbonyl (C=O) groups excluding carboxylic acids is 1. The average Bonchev–Trinajstić information content (AvgIpc) is 3.09. The lowest BCUT2D eigenvalue weighted by Crippen LogP contribution is -2.32. The van der Waals surface area contributed by atoms with E-state index in [0.29, 0.717) is 18.8 Å². The van der Waals surface area contributed by atoms with Crippen molar-refractivity contribution < 1.29 is 4.79 Å². The number of likely N-dealkylation sites (tertiary alicyclic amines) is 1. The van der Waals surface area contributed by atoms with Crippen molar-refractivity contribution >= 4 is 17.2 Å². The molecule has 0 bridgehead atoms. The zero-order valence-corrected chi connectivity index (χ0v) is 11.9. The Morgan fingerprint density at radius 2 is 2.45 bits per heavy atom. The fourth-order valence-corrected chi connectivity index (χ4v) is 3.15. The molecule has 106 valence electrons. The Balaban J connectivity index is 1.74. The number of aryl methyl sites for hydroxylation is 1. The fraction of sp³-hybridized carbons (Fsp3) is 0.500. The molecule has 3 heterocycles. The van der Waals surface area contributed by atoms with Crippen molar-refractivity contribution in [1.82, 2.24) is 25.1 Å². The van der Waals surface area contributed by atoms with E-state index in [0.717, 1.165) is 23.5 Å². The normalized spacial score (nSPS) is 18.6. The lowest BCUT2D eigenvalue weighted by Gasteiger charge is -2.22. The summed E-state index contributed by atoms with van der Waals surface area (Å²) in [6.07, 6.45) is 2.04. The number of aromatic nitrogens is 4. The lowest BCUT2D eigenvalue weighted by atomic mass is 10.2. The Labute approximate surface area is 119 Å². The first-order valence-corrected chi connectivity index (χ1v) is 7.36. The molecule has 7 nitrogen and oxygen atoms in total. The molecule has 0 aromatic carbocycles. The summed E-state index contributed by atoms with van der Waals surface area (Å²) in [5.74, 6) is 0.567. The van der Waals surface area contributed by atoms with Crippen LogP contribution in [0.3, 0.4) is 0 Å². The van der Waals surface area contributed by atoms with E-state index in [9.17, 15) is 9.59 Å². The molecule has 1 saturated heterocycles. The van der Waals surface area contributed by atoms with Crippen molar-refractivity contribution in [3.8, 4) is 0 Å². The Morgan fingerprint density at radius 1 is 1.60 bits per heavy atom. The first-order valence-electron chi connectivity index (χ1n) is 6.48. The highest BCUT2D eigenvalue weighted by atomic mass is 32.1. The Morgan fingerprint density at radius 3 is 3.10 bits per heavy atom. The van der Waals surface area contributed by atoms with Crippen LogP contribution >= 0.6 is 11.3 Å². The molecule has 2 aromatic heterocycles. The van der Waals surface area contributed by atoms with Crippen LogP contribution in [0.1, 0.15) is 35.4 Å². The summed E-state index contributed by atoms with van der Waals surface area (Å²) in [6.45, 7) is 2.62. The second-order valence-electron chi connectivity index (χ2n) is 4.84. The lowest BCUT2D eigenvalue weighted by molar-refractivity contribution is -0.131. The van der Waals surface area contributed by atoms with Crippen molar-refractivity contribution in [1.29, 1.82) is 0 Å². The van der Waals surface area contributed by atoms with Gasteiger partial charge in [0.15, 0.2) is 5.82 Å². The number of nitrogens with one attached hydrogen (secondary N) is 2. The van der Waals surface area contributed by atoms with Gasteiger partial charge in [-0.05, 0) is 19.8 Å². The molecule has 0 spiro atoms. The standard InChI is InChI=1S/C12H15N5O2S/c1-7-13-8(6-20-7)5-10(18)17-4-2-3-9(17)11-14-12(19)16-15-11/h6,9H,2-5H2,1H3,(H2,14,15,16,19)/t9-/m1/s1. The number of H-pyrrole nitrogens is 2. The number of thiazole rings is 1. The van der Waals surface area contributed by atoms with Gasteiger partial charge in [-0.2, -0.15) is 5.10 Å². The first kappa shape index (κ1) is 13.0. The van der Waals surface area contributed by atoms with Crippen LogP contribution in [0, 0.1) is 6.92 Å². The topological polar surface area (TPSA) is 94.7 Å². The number of nitrogens with zero attached hydrogens (tertiary/aromatic N) is 3. The van der Waals surface area contributed by atoms with Gasteiger partial charge in [-0.15, -0.1) is 11.3 Å². The third-order valence-electron chi connectivity index (χ3n) is 3.41. The maximum atomic E-state index is 12.4. The summed E-state index contributed by atoms with van der Waals surface area (Å²) >= 11 is 1.54. The smallest absolute Gasteiger partial charge is 0.332 e. The molecule has 0 aliphatic carbocycles. The van der Waals surface area contributed by atoms with Crippen LogP contribution in [0.2, 0.25) is 0 Å². The molecule has 8 heteroatoms. The van der Waals surface area contributed by atoms with Gasteiger partial charge in [0.1, 0.15) is 0 Å². The third kappa shape index (κ3) is 2.51. The number of hydrogen-bond acceptors (Lipinski definition) is 5. The van der Waals surface area contributed by atoms with E-state index >= 15 is 0 Å². The van der Waals surface area contributed by atoms with E-state index in [-0.39, 0.29) is 17.6 Å². The van der Waals surface area contributed by atoms with Crippen molar-refractivity contribution in [2.75, 3.05) is 6.54 Å². The maximum Gasteiger partial charge on any atom is 0.340 e. The second kappa shape index (κ2) is 5.20. The largest absolute Gasteiger partial charge is 0.340 e. The molecule has 0 saturated carbocycles. The zero-order valence-electron chi connectivity index (χ0n) is 11.0. The van der Waals surface area contributed by atoms with E-state index < -0.39 is 0 Å². The van der Waals surface area contributed by atoms with Crippen molar-refractivity contribution in [2.24, 2.45) is 0 Å². The van der Waals surface area contributed by atoms with Gasteiger partial charge in [0.05, 0.1) is 23.2 Å². The van der Waals surface area contributed by atoms with Gasteiger partial charge >= 0.3 is 5.69 Å². The van der Waals surface area contributed by atoms with Crippen molar-refractivity contribution in [2.45, 2.75) is 32.2 Å². The molecule has 1 fully saturated rings. The van der Waals surface area contributed by atoms with Crippen LogP contribution < -0.4 is 5.69 Å². The number of amides is 1. The second-order valence-corrected chi connectivity index (χ2v) is 5.90. The third-order valence-corrected chi connectivity index (χ3v) is 4.23. The molecule has 1 amide bonds. The molecule has 1 atom stereocenters. The van der Waals surface area contributed by atoms with Crippen molar-refractivity contribution in [3.05, 3.63) is 32.4 Å². The summed E-state index contributed by atoms with van der Waals surface area (Å²) in [5.41, 5.74) is 0.466. The minimum absolute atomic E-state index is 0.0293. The molecule has 1 aliphatic rings. The maximum absolute atomic E-state index is 12.4. The van der Waals surface area contributed by atoms with Crippen LogP contribution in [-0.4, -0.2) is 37.5 Å². The molecule has 3 rings (SSSR count). The molecule has 1 aliphatic heterocycles. The van der Waals surface area contributed by atoms with Gasteiger partial charge < -0.3 is 4.90 Å². The van der Waals surface area contributed by atoms with Gasteiger partial charge in [0.25, 0.3) is 0 Å². The summed E-state index contributed by atoms with van der Waals surface area (Å²) in [7, 11) is 0. The summed E-state index contributed by atoms with van der Waals surface area (Å²) in [4.78, 5) is 32.2. The number of aromatic amines is 2. The number of carbonyl (C=O) groups is 1. The van der Waals surface area contributed by atoms with Gasteiger partial charge in [-0.3, -0.25) is 9.78 Å². The van der Waals surface area contributed by atoms with Gasteiger partial charge in [0.2, 0.25) is 5.91 Å². The van der Waals surface area contributed by atoms with E-state index in [4.69, 9.17) is 0 Å². The minimum atomic E-state index is -0.338. The monoisotopic (exact) mass is 293 g/mol. The summed E-state index contributed by atoms with van der Waals surface area (Å²) in [5, 5.41) is 9.16. The average molecular weight is 293 g/mol. The van der Waals surface area contributed by atoms with E-state index in [1.165, 1.54) is 0 Å². The Hall–Kier alpha value is -1.96. The minimum Gasteiger partial charge on any atom is -0.332 e. The fourth-order valence-electron chi connectivity index (χ4n) is 2.54. The quantitative estimate of drug-likeness (QED) is 0.874. The molecule has 2 N–H and O–H groups in total. The summed E-state index contributed by atoms with van der Waals surface area (Å²) in [6, 6.07) is -0.138. The Kier molecular flexibility index (Phi) is 3.39. The predicted octanol–water partition coefficient (Wildman–Crippen LogP) is 0.769. The van der Waals surface area contributed by atoms with Crippen LogP contribution in [0.5, 0.6) is 0 Å². The van der Waals surface area contributed by atoms with Crippen molar-refractivity contribution in [3.63, 3.8) is 0 Å². The van der Waals surface area contributed by atoms with Gasteiger partial charge in [-0.25, -0.2) is 14.9 Å². The SMILES string of the molecule is Cc1nc(CC(=O)N2CCC[C@@H]2c2n[nH]c(=O)[nH]2)cs1. The first-order chi connectivity index (χ1) is 9.63. The van der Waals surface area contributed by atoms with E-state index in [1.54, 1.807) is 16.2 Å². The highest BCUT2D eigenvalue weighted by Gasteiger charge is 2.32. The van der Waals surface area contributed by atoms with Crippen LogP contribution in [-0.2, 0) is 11.2 Å². The predicted molar refractivity (Wildman–Crippen MR) is 73.5 cm³/mol. The highest BCUT2D eigenvalue weighted by molar-refractivity contribution is 7.09. The molecular weight excluding hydrogens is 278 g/mol. The molecule has 20 heavy (non-hydrogen) atoms. The van der Waals surface area contributed by atoms with Gasteiger partial charge in [-0.1, -0.05) is 0 Å². The number of hydrogen-bond donors (Lipinski definition) is 2. The van der Waals surface area contributed by atoms with Crippen LogP contribution in [0.15, 0.2) is 10.2 Å². The van der Waals surface area contributed by atoms with Crippen LogP contribution in [0.4, 0.5) is 0 Å². The molecule has 0 unspecified atom stereocenters. The zero-order chi connectivity index (χ0) is 14.1. The molecular formula is C12H15N5O2S. The van der Waals surface area contributed by atoms with E-state index in [2.05, 4.69) is 20.2 Å². The number of rotatable bonds is 3. The molecule has 2 aromatic rings. The Bertz CT molecular complexity index is 673. The van der Waals surface area contributed by atoms with E-state index in [1.807, 2.05) is 12.3 Å². The van der Waals surface area contributed by atoms with Crippen LogP contribution in [0.25, 0.3) is 0 Å². The molecule has 0 radical (unpaired) electrons.